The Hall–Kier alpha value is -1.55. The molecule has 0 spiro atoms. The second-order valence-electron chi connectivity index (χ2n) is 7.31. The molecule has 0 atom stereocenters. The van der Waals surface area contributed by atoms with Crippen LogP contribution in [0.1, 0.15) is 33.3 Å². The summed E-state index contributed by atoms with van der Waals surface area (Å²) in [4.78, 5) is 17.1. The summed E-state index contributed by atoms with van der Waals surface area (Å²) in [5.74, 6) is 1.23. The number of rotatable bonds is 6. The first-order chi connectivity index (χ1) is 11.0. The molecule has 1 aromatic carbocycles. The molecular formula is C19H31N3O. The van der Waals surface area contributed by atoms with Gasteiger partial charge in [-0.3, -0.25) is 4.79 Å². The van der Waals surface area contributed by atoms with Gasteiger partial charge >= 0.3 is 0 Å². The lowest BCUT2D eigenvalue weighted by atomic mass is 10.1. The van der Waals surface area contributed by atoms with E-state index >= 15 is 0 Å². The lowest BCUT2D eigenvalue weighted by Gasteiger charge is -2.30. The molecule has 1 amide bonds. The number of hydrogen-bond acceptors (Lipinski definition) is 3. The van der Waals surface area contributed by atoms with Gasteiger partial charge < -0.3 is 15.1 Å². The fraction of sp³-hybridized carbons (Fsp3) is 0.632. The Balaban J connectivity index is 2.11. The van der Waals surface area contributed by atoms with Gasteiger partial charge in [0.1, 0.15) is 0 Å². The SMILES string of the molecule is CC(C)CN(CC(C)C)C(=O)CN1CCNCc2ccccc21. The molecule has 0 aromatic heterocycles. The molecule has 0 aliphatic carbocycles. The van der Waals surface area contributed by atoms with Crippen LogP contribution >= 0.6 is 0 Å². The van der Waals surface area contributed by atoms with Crippen molar-refractivity contribution in [3.05, 3.63) is 29.8 Å². The van der Waals surface area contributed by atoms with Gasteiger partial charge in [0.2, 0.25) is 5.91 Å². The molecule has 1 N–H and O–H groups in total. The Kier molecular flexibility index (Phi) is 6.46. The third kappa shape index (κ3) is 5.24. The Morgan fingerprint density at radius 2 is 1.83 bits per heavy atom. The first-order valence-electron chi connectivity index (χ1n) is 8.78. The summed E-state index contributed by atoms with van der Waals surface area (Å²) in [5.41, 5.74) is 2.47. The van der Waals surface area contributed by atoms with E-state index in [0.29, 0.717) is 18.4 Å². The lowest BCUT2D eigenvalue weighted by Crippen LogP contribution is -2.44. The van der Waals surface area contributed by atoms with Crippen LogP contribution in [0.3, 0.4) is 0 Å². The highest BCUT2D eigenvalue weighted by atomic mass is 16.2. The number of anilines is 1. The highest BCUT2D eigenvalue weighted by molar-refractivity contribution is 5.82. The molecule has 23 heavy (non-hydrogen) atoms. The number of para-hydroxylation sites is 1. The minimum atomic E-state index is 0.240. The summed E-state index contributed by atoms with van der Waals surface area (Å²) in [6.45, 7) is 13.5. The van der Waals surface area contributed by atoms with Crippen molar-refractivity contribution in [3.8, 4) is 0 Å². The van der Waals surface area contributed by atoms with Crippen molar-refractivity contribution in [1.29, 1.82) is 0 Å². The van der Waals surface area contributed by atoms with Crippen molar-refractivity contribution < 1.29 is 4.79 Å². The van der Waals surface area contributed by atoms with Crippen LogP contribution in [-0.2, 0) is 11.3 Å². The van der Waals surface area contributed by atoms with E-state index in [2.05, 4.69) is 62.2 Å². The normalized spacial score (nSPS) is 14.8. The average Bonchev–Trinajstić information content (AvgIpc) is 2.68. The number of carbonyl (C=O) groups is 1. The van der Waals surface area contributed by atoms with Gasteiger partial charge in [-0.15, -0.1) is 0 Å². The van der Waals surface area contributed by atoms with Crippen LogP contribution in [0.2, 0.25) is 0 Å². The first-order valence-corrected chi connectivity index (χ1v) is 8.78. The van der Waals surface area contributed by atoms with Crippen molar-refractivity contribution in [3.63, 3.8) is 0 Å². The van der Waals surface area contributed by atoms with Crippen LogP contribution < -0.4 is 10.2 Å². The monoisotopic (exact) mass is 317 g/mol. The van der Waals surface area contributed by atoms with E-state index in [1.54, 1.807) is 0 Å². The van der Waals surface area contributed by atoms with Crippen LogP contribution in [0, 0.1) is 11.8 Å². The number of nitrogens with zero attached hydrogens (tertiary/aromatic N) is 2. The first kappa shape index (κ1) is 17.8. The zero-order chi connectivity index (χ0) is 16.8. The fourth-order valence-electron chi connectivity index (χ4n) is 3.11. The summed E-state index contributed by atoms with van der Waals surface area (Å²) >= 11 is 0. The van der Waals surface area contributed by atoms with E-state index in [1.807, 2.05) is 4.90 Å². The van der Waals surface area contributed by atoms with Crippen LogP contribution in [0.25, 0.3) is 0 Å². The van der Waals surface area contributed by atoms with Gasteiger partial charge in [-0.05, 0) is 23.5 Å². The van der Waals surface area contributed by atoms with E-state index in [-0.39, 0.29) is 5.91 Å². The van der Waals surface area contributed by atoms with E-state index in [0.717, 1.165) is 32.7 Å². The van der Waals surface area contributed by atoms with Crippen molar-refractivity contribution in [2.24, 2.45) is 11.8 Å². The van der Waals surface area contributed by atoms with Crippen LogP contribution in [0.4, 0.5) is 5.69 Å². The van der Waals surface area contributed by atoms with E-state index in [4.69, 9.17) is 0 Å². The predicted molar refractivity (Wildman–Crippen MR) is 96.6 cm³/mol. The molecule has 0 saturated carbocycles. The second kappa shape index (κ2) is 8.34. The molecule has 1 aliphatic heterocycles. The molecule has 0 radical (unpaired) electrons. The van der Waals surface area contributed by atoms with Crippen molar-refractivity contribution in [2.75, 3.05) is 37.6 Å². The Morgan fingerprint density at radius 1 is 1.17 bits per heavy atom. The highest BCUT2D eigenvalue weighted by Gasteiger charge is 2.21. The topological polar surface area (TPSA) is 35.6 Å². The van der Waals surface area contributed by atoms with Gasteiger partial charge in [-0.1, -0.05) is 45.9 Å². The number of carbonyl (C=O) groups excluding carboxylic acids is 1. The number of hydrogen-bond donors (Lipinski definition) is 1. The zero-order valence-electron chi connectivity index (χ0n) is 15.0. The van der Waals surface area contributed by atoms with Gasteiger partial charge in [0.05, 0.1) is 6.54 Å². The zero-order valence-corrected chi connectivity index (χ0v) is 15.0. The lowest BCUT2D eigenvalue weighted by molar-refractivity contribution is -0.130. The molecule has 4 nitrogen and oxygen atoms in total. The third-order valence-electron chi connectivity index (χ3n) is 4.06. The van der Waals surface area contributed by atoms with Crippen molar-refractivity contribution in [2.45, 2.75) is 34.2 Å². The van der Waals surface area contributed by atoms with E-state index in [9.17, 15) is 4.79 Å². The highest BCUT2D eigenvalue weighted by Crippen LogP contribution is 2.22. The van der Waals surface area contributed by atoms with Crippen LogP contribution in [0.15, 0.2) is 24.3 Å². The van der Waals surface area contributed by atoms with Gasteiger partial charge in [-0.2, -0.15) is 0 Å². The summed E-state index contributed by atoms with van der Waals surface area (Å²) in [7, 11) is 0. The van der Waals surface area contributed by atoms with Crippen LogP contribution in [0.5, 0.6) is 0 Å². The average molecular weight is 317 g/mol. The maximum atomic E-state index is 12.9. The molecule has 1 aromatic rings. The molecule has 0 unspecified atom stereocenters. The van der Waals surface area contributed by atoms with Gasteiger partial charge in [-0.25, -0.2) is 0 Å². The molecule has 1 heterocycles. The standard InChI is InChI=1S/C19H31N3O/c1-15(2)12-22(13-16(3)4)19(23)14-21-10-9-20-11-17-7-5-6-8-18(17)21/h5-8,15-16,20H,9-14H2,1-4H3. The number of amides is 1. The summed E-state index contributed by atoms with van der Waals surface area (Å²) < 4.78 is 0. The molecule has 128 valence electrons. The Labute approximate surface area is 140 Å². The molecular weight excluding hydrogens is 286 g/mol. The second-order valence-corrected chi connectivity index (χ2v) is 7.31. The Morgan fingerprint density at radius 3 is 2.48 bits per heavy atom. The van der Waals surface area contributed by atoms with Crippen molar-refractivity contribution >= 4 is 11.6 Å². The fourth-order valence-corrected chi connectivity index (χ4v) is 3.11. The molecule has 0 bridgehead atoms. The number of fused-ring (bicyclic) bond motifs is 1. The van der Waals surface area contributed by atoms with Crippen molar-refractivity contribution in [1.82, 2.24) is 10.2 Å². The smallest absolute Gasteiger partial charge is 0.242 e. The van der Waals surface area contributed by atoms with Gasteiger partial charge in [0.25, 0.3) is 0 Å². The minimum absolute atomic E-state index is 0.240. The number of nitrogens with one attached hydrogen (secondary N) is 1. The molecule has 1 aliphatic rings. The van der Waals surface area contributed by atoms with Crippen LogP contribution in [-0.4, -0.2) is 43.5 Å². The van der Waals surface area contributed by atoms with E-state index < -0.39 is 0 Å². The quantitative estimate of drug-likeness (QED) is 0.876. The summed E-state index contributed by atoms with van der Waals surface area (Å²) in [5, 5.41) is 3.43. The molecule has 2 rings (SSSR count). The summed E-state index contributed by atoms with van der Waals surface area (Å²) in [6, 6.07) is 8.40. The maximum absolute atomic E-state index is 12.9. The molecule has 0 saturated heterocycles. The maximum Gasteiger partial charge on any atom is 0.242 e. The molecule has 0 fully saturated rings. The minimum Gasteiger partial charge on any atom is -0.361 e. The number of benzene rings is 1. The van der Waals surface area contributed by atoms with Gasteiger partial charge in [0, 0.05) is 38.4 Å². The largest absolute Gasteiger partial charge is 0.361 e. The Bertz CT molecular complexity index is 503. The predicted octanol–water partition coefficient (Wildman–Crippen LogP) is 2.74. The molecule has 4 heteroatoms. The van der Waals surface area contributed by atoms with E-state index in [1.165, 1.54) is 11.3 Å². The van der Waals surface area contributed by atoms with Gasteiger partial charge in [0.15, 0.2) is 0 Å². The third-order valence-corrected chi connectivity index (χ3v) is 4.06. The summed E-state index contributed by atoms with van der Waals surface area (Å²) in [6.07, 6.45) is 0.